The van der Waals surface area contributed by atoms with Gasteiger partial charge in [-0.2, -0.15) is 0 Å². The maximum absolute atomic E-state index is 10.8. The van der Waals surface area contributed by atoms with Gasteiger partial charge >= 0.3 is 0 Å². The Morgan fingerprint density at radius 3 is 2.79 bits per heavy atom. The third-order valence-corrected chi connectivity index (χ3v) is 2.66. The van der Waals surface area contributed by atoms with Gasteiger partial charge in [-0.3, -0.25) is 4.79 Å². The first-order chi connectivity index (χ1) is 6.56. The molecule has 2 heteroatoms. The monoisotopic (exact) mass is 188 g/mol. The van der Waals surface area contributed by atoms with Crippen molar-refractivity contribution in [2.45, 2.75) is 19.4 Å². The Hall–Kier alpha value is -1.41. The molecule has 1 N–H and O–H groups in total. The molecule has 1 aromatic carbocycles. The van der Waals surface area contributed by atoms with Crippen molar-refractivity contribution in [1.29, 1.82) is 0 Å². The molecule has 2 rings (SSSR count). The van der Waals surface area contributed by atoms with Crippen molar-refractivity contribution in [3.63, 3.8) is 0 Å². The highest BCUT2D eigenvalue weighted by Gasteiger charge is 2.31. The summed E-state index contributed by atoms with van der Waals surface area (Å²) >= 11 is 0. The Kier molecular flexibility index (Phi) is 1.82. The fraction of sp³-hybridized carbons (Fsp3) is 0.250. The van der Waals surface area contributed by atoms with E-state index in [9.17, 15) is 9.90 Å². The predicted octanol–water partition coefficient (Wildman–Crippen LogP) is 2.12. The van der Waals surface area contributed by atoms with E-state index in [1.165, 1.54) is 0 Å². The van der Waals surface area contributed by atoms with E-state index < -0.39 is 5.60 Å². The van der Waals surface area contributed by atoms with Crippen LogP contribution in [0.5, 0.6) is 0 Å². The van der Waals surface area contributed by atoms with E-state index in [0.29, 0.717) is 5.56 Å². The predicted molar refractivity (Wildman–Crippen MR) is 55.1 cm³/mol. The van der Waals surface area contributed by atoms with E-state index in [4.69, 9.17) is 0 Å². The van der Waals surface area contributed by atoms with Crippen molar-refractivity contribution in [2.75, 3.05) is 0 Å². The lowest BCUT2D eigenvalue weighted by atomic mass is 9.95. The number of aldehydes is 1. The van der Waals surface area contributed by atoms with E-state index in [0.717, 1.165) is 23.0 Å². The van der Waals surface area contributed by atoms with Crippen LogP contribution < -0.4 is 0 Å². The Balaban J connectivity index is 2.75. The first-order valence-corrected chi connectivity index (χ1v) is 4.57. The number of allylic oxidation sites excluding steroid dienone is 1. The third-order valence-electron chi connectivity index (χ3n) is 2.66. The molecule has 0 amide bonds. The molecular weight excluding hydrogens is 176 g/mol. The summed E-state index contributed by atoms with van der Waals surface area (Å²) in [6.45, 7) is 3.64. The van der Waals surface area contributed by atoms with Gasteiger partial charge in [0, 0.05) is 5.56 Å². The summed E-state index contributed by atoms with van der Waals surface area (Å²) in [4.78, 5) is 10.8. The summed E-state index contributed by atoms with van der Waals surface area (Å²) in [5.41, 5.74) is 2.38. The SMILES string of the molecule is CC1=CC(C)(O)c2cccc(C=O)c21. The van der Waals surface area contributed by atoms with Crippen LogP contribution in [0.25, 0.3) is 5.57 Å². The Labute approximate surface area is 82.9 Å². The topological polar surface area (TPSA) is 37.3 Å². The second-order valence-electron chi connectivity index (χ2n) is 3.86. The maximum atomic E-state index is 10.8. The largest absolute Gasteiger partial charge is 0.381 e. The highest BCUT2D eigenvalue weighted by molar-refractivity contribution is 5.89. The molecule has 1 aliphatic carbocycles. The lowest BCUT2D eigenvalue weighted by Crippen LogP contribution is -2.15. The van der Waals surface area contributed by atoms with Crippen LogP contribution in [-0.2, 0) is 5.60 Å². The van der Waals surface area contributed by atoms with Crippen molar-refractivity contribution in [2.24, 2.45) is 0 Å². The van der Waals surface area contributed by atoms with Crippen LogP contribution in [0.2, 0.25) is 0 Å². The highest BCUT2D eigenvalue weighted by atomic mass is 16.3. The summed E-state index contributed by atoms with van der Waals surface area (Å²) in [5.74, 6) is 0. The number of aliphatic hydroxyl groups is 1. The number of benzene rings is 1. The third kappa shape index (κ3) is 1.11. The van der Waals surface area contributed by atoms with Crippen molar-refractivity contribution in [3.8, 4) is 0 Å². The van der Waals surface area contributed by atoms with Crippen molar-refractivity contribution in [1.82, 2.24) is 0 Å². The van der Waals surface area contributed by atoms with Crippen LogP contribution >= 0.6 is 0 Å². The lowest BCUT2D eigenvalue weighted by Gasteiger charge is -2.16. The Morgan fingerprint density at radius 1 is 1.43 bits per heavy atom. The van der Waals surface area contributed by atoms with Gasteiger partial charge in [-0.05, 0) is 36.6 Å². The lowest BCUT2D eigenvalue weighted by molar-refractivity contribution is 0.111. The zero-order valence-corrected chi connectivity index (χ0v) is 8.24. The van der Waals surface area contributed by atoms with E-state index in [-0.39, 0.29) is 0 Å². The molecule has 14 heavy (non-hydrogen) atoms. The highest BCUT2D eigenvalue weighted by Crippen LogP contribution is 2.39. The maximum Gasteiger partial charge on any atom is 0.150 e. The number of hydrogen-bond acceptors (Lipinski definition) is 2. The molecule has 1 atom stereocenters. The summed E-state index contributed by atoms with van der Waals surface area (Å²) in [7, 11) is 0. The van der Waals surface area contributed by atoms with Gasteiger partial charge in [-0.15, -0.1) is 0 Å². The van der Waals surface area contributed by atoms with Gasteiger partial charge < -0.3 is 5.11 Å². The molecule has 0 saturated heterocycles. The number of rotatable bonds is 1. The molecule has 0 spiro atoms. The van der Waals surface area contributed by atoms with Crippen molar-refractivity contribution in [3.05, 3.63) is 41.0 Å². The molecule has 1 unspecified atom stereocenters. The zero-order valence-electron chi connectivity index (χ0n) is 8.24. The molecule has 2 nitrogen and oxygen atoms in total. The molecule has 0 bridgehead atoms. The summed E-state index contributed by atoms with van der Waals surface area (Å²) in [6, 6.07) is 5.42. The van der Waals surface area contributed by atoms with Crippen LogP contribution in [0, 0.1) is 0 Å². The minimum Gasteiger partial charge on any atom is -0.381 e. The van der Waals surface area contributed by atoms with Gasteiger partial charge in [-0.25, -0.2) is 0 Å². The number of fused-ring (bicyclic) bond motifs is 1. The number of carbonyl (C=O) groups is 1. The second kappa shape index (κ2) is 2.79. The molecule has 0 saturated carbocycles. The summed E-state index contributed by atoms with van der Waals surface area (Å²) in [6.07, 6.45) is 2.61. The molecule has 0 heterocycles. The normalized spacial score (nSPS) is 24.4. The Bertz CT molecular complexity index is 428. The first kappa shape index (κ1) is 9.16. The van der Waals surface area contributed by atoms with Gasteiger partial charge in [0.25, 0.3) is 0 Å². The average molecular weight is 188 g/mol. The first-order valence-electron chi connectivity index (χ1n) is 4.57. The summed E-state index contributed by atoms with van der Waals surface area (Å²) < 4.78 is 0. The van der Waals surface area contributed by atoms with E-state index in [1.807, 2.05) is 13.0 Å². The number of carbonyl (C=O) groups excluding carboxylic acids is 1. The van der Waals surface area contributed by atoms with Crippen LogP contribution in [0.15, 0.2) is 24.3 Å². The minimum atomic E-state index is -0.932. The van der Waals surface area contributed by atoms with Crippen LogP contribution in [0.3, 0.4) is 0 Å². The second-order valence-corrected chi connectivity index (χ2v) is 3.86. The molecule has 0 aliphatic heterocycles. The van der Waals surface area contributed by atoms with E-state index in [1.54, 1.807) is 25.1 Å². The molecule has 1 aliphatic rings. The van der Waals surface area contributed by atoms with E-state index in [2.05, 4.69) is 0 Å². The fourth-order valence-corrected chi connectivity index (χ4v) is 2.10. The van der Waals surface area contributed by atoms with Crippen LogP contribution in [0.4, 0.5) is 0 Å². The molecule has 0 fully saturated rings. The summed E-state index contributed by atoms with van der Waals surface area (Å²) in [5, 5.41) is 10.0. The van der Waals surface area contributed by atoms with Crippen molar-refractivity contribution < 1.29 is 9.90 Å². The van der Waals surface area contributed by atoms with Gasteiger partial charge in [0.2, 0.25) is 0 Å². The van der Waals surface area contributed by atoms with Crippen LogP contribution in [0.1, 0.15) is 35.3 Å². The smallest absolute Gasteiger partial charge is 0.150 e. The molecule has 0 radical (unpaired) electrons. The van der Waals surface area contributed by atoms with Gasteiger partial charge in [-0.1, -0.05) is 18.2 Å². The molecule has 1 aromatic rings. The standard InChI is InChI=1S/C12H12O2/c1-8-6-12(2,14)10-5-3-4-9(7-13)11(8)10/h3-7,14H,1-2H3. The molecule has 72 valence electrons. The number of hydrogen-bond donors (Lipinski definition) is 1. The average Bonchev–Trinajstić information content (AvgIpc) is 2.38. The Morgan fingerprint density at radius 2 is 2.14 bits per heavy atom. The zero-order chi connectivity index (χ0) is 10.3. The van der Waals surface area contributed by atoms with Crippen LogP contribution in [-0.4, -0.2) is 11.4 Å². The minimum absolute atomic E-state index is 0.647. The molecule has 0 aromatic heterocycles. The molecular formula is C12H12O2. The van der Waals surface area contributed by atoms with E-state index >= 15 is 0 Å². The fourth-order valence-electron chi connectivity index (χ4n) is 2.10. The van der Waals surface area contributed by atoms with Gasteiger partial charge in [0.05, 0.1) is 0 Å². The van der Waals surface area contributed by atoms with Gasteiger partial charge in [0.1, 0.15) is 5.60 Å². The quantitative estimate of drug-likeness (QED) is 0.685. The van der Waals surface area contributed by atoms with Gasteiger partial charge in [0.15, 0.2) is 6.29 Å². The van der Waals surface area contributed by atoms with Crippen molar-refractivity contribution >= 4 is 11.9 Å².